The highest BCUT2D eigenvalue weighted by molar-refractivity contribution is 9.10. The fourth-order valence-corrected chi connectivity index (χ4v) is 5.77. The quantitative estimate of drug-likeness (QED) is 0.370. The van der Waals surface area contributed by atoms with Crippen molar-refractivity contribution >= 4 is 55.6 Å². The van der Waals surface area contributed by atoms with Crippen LogP contribution in [0.4, 0.5) is 14.7 Å². The first-order valence-electron chi connectivity index (χ1n) is 12.7. The Morgan fingerprint density at radius 3 is 2.85 bits per heavy atom. The van der Waals surface area contributed by atoms with E-state index in [1.165, 1.54) is 16.9 Å². The first-order valence-corrected chi connectivity index (χ1v) is 13.5. The number of carbonyl (C=O) groups excluding carboxylic acids is 2. The van der Waals surface area contributed by atoms with Crippen LogP contribution in [-0.4, -0.2) is 79.1 Å². The van der Waals surface area contributed by atoms with Crippen molar-refractivity contribution in [2.24, 2.45) is 5.92 Å². The summed E-state index contributed by atoms with van der Waals surface area (Å²) in [6.07, 6.45) is 2.50. The van der Waals surface area contributed by atoms with E-state index >= 15 is 0 Å². The molecule has 0 bridgehead atoms. The predicted molar refractivity (Wildman–Crippen MR) is 144 cm³/mol. The van der Waals surface area contributed by atoms with Crippen LogP contribution in [-0.2, 0) is 9.59 Å². The summed E-state index contributed by atoms with van der Waals surface area (Å²) in [5, 5.41) is 9.02. The molecule has 6 rings (SSSR count). The van der Waals surface area contributed by atoms with Crippen LogP contribution in [0, 0.1) is 5.92 Å². The van der Waals surface area contributed by atoms with Gasteiger partial charge < -0.3 is 15.1 Å². The van der Waals surface area contributed by atoms with E-state index in [2.05, 4.69) is 41.3 Å². The minimum atomic E-state index is -2.71. The third kappa shape index (κ3) is 4.79. The molecular weight excluding hydrogens is 574 g/mol. The number of hydrogen-bond donors (Lipinski definition) is 1. The Balaban J connectivity index is 1.24. The van der Waals surface area contributed by atoms with Gasteiger partial charge in [-0.25, -0.2) is 18.4 Å². The van der Waals surface area contributed by atoms with Crippen molar-refractivity contribution in [1.82, 2.24) is 34.5 Å². The van der Waals surface area contributed by atoms with Crippen molar-refractivity contribution in [1.29, 1.82) is 0 Å². The van der Waals surface area contributed by atoms with Crippen molar-refractivity contribution in [3.05, 3.63) is 46.8 Å². The lowest BCUT2D eigenvalue weighted by Crippen LogP contribution is -2.52. The number of aromatic nitrogens is 5. The summed E-state index contributed by atoms with van der Waals surface area (Å²) < 4.78 is 29.8. The van der Waals surface area contributed by atoms with Crippen LogP contribution in [0.1, 0.15) is 31.3 Å². The number of anilines is 1. The van der Waals surface area contributed by atoms with Gasteiger partial charge in [-0.3, -0.25) is 14.6 Å². The average Bonchev–Trinajstić information content (AvgIpc) is 3.53. The number of fused-ring (bicyclic) bond motifs is 2. The second-order valence-corrected chi connectivity index (χ2v) is 10.7. The summed E-state index contributed by atoms with van der Waals surface area (Å²) >= 11 is 3.43. The Bertz CT molecular complexity index is 1600. The van der Waals surface area contributed by atoms with Gasteiger partial charge >= 0.3 is 0 Å². The number of nitrogens with one attached hydrogen (secondary N) is 1. The third-order valence-electron chi connectivity index (χ3n) is 7.46. The number of nitrogens with zero attached hydrogens (tertiary/aromatic N) is 7. The molecule has 2 fully saturated rings. The number of piperazine rings is 1. The van der Waals surface area contributed by atoms with E-state index in [1.54, 1.807) is 41.2 Å². The molecule has 1 N–H and O–H groups in total. The second-order valence-electron chi connectivity index (χ2n) is 9.97. The number of halogens is 3. The minimum Gasteiger partial charge on any atom is -0.351 e. The van der Waals surface area contributed by atoms with Gasteiger partial charge in [0.2, 0.25) is 17.8 Å². The van der Waals surface area contributed by atoms with Crippen molar-refractivity contribution in [2.75, 3.05) is 32.0 Å². The van der Waals surface area contributed by atoms with E-state index in [4.69, 9.17) is 0 Å². The molecule has 0 unspecified atom stereocenters. The smallest absolute Gasteiger partial charge is 0.266 e. The third-order valence-corrected chi connectivity index (χ3v) is 8.05. The van der Waals surface area contributed by atoms with E-state index in [0.29, 0.717) is 58.6 Å². The van der Waals surface area contributed by atoms with Gasteiger partial charge in [-0.05, 0) is 53.4 Å². The first-order chi connectivity index (χ1) is 18.8. The maximum absolute atomic E-state index is 13.9. The Kier molecular flexibility index (Phi) is 6.61. The average molecular weight is 599 g/mol. The molecule has 4 aromatic rings. The summed E-state index contributed by atoms with van der Waals surface area (Å²) in [7, 11) is 1.75. The number of amides is 2. The van der Waals surface area contributed by atoms with Crippen LogP contribution in [0.3, 0.4) is 0 Å². The predicted octanol–water partition coefficient (Wildman–Crippen LogP) is 3.95. The number of carbonyl (C=O) groups is 2. The standard InChI is InChI=1S/C26H25BrF2N8O2/c1-35-7-8-36(13-20(35)38)25(39)15-4-5-16(9-15)32-26-31-12-19-22(27)34-37(24(19)33-26)17-10-14-3-2-6-30-21(14)18(11-17)23(28)29/h2-3,6,10-12,15-16,23H,4-5,7-9,13H2,1H3,(H,31,32,33)/t15-,16-/m1/s1. The highest BCUT2D eigenvalue weighted by Crippen LogP contribution is 2.33. The molecular formula is C26H25BrF2N8O2. The van der Waals surface area contributed by atoms with Crippen LogP contribution in [0.15, 0.2) is 41.3 Å². The normalized spacial score (nSPS) is 20.0. The molecule has 2 atom stereocenters. The lowest BCUT2D eigenvalue weighted by molar-refractivity contribution is -0.146. The Labute approximate surface area is 230 Å². The number of alkyl halides is 2. The van der Waals surface area contributed by atoms with Crippen molar-refractivity contribution in [3.8, 4) is 5.69 Å². The molecule has 3 aromatic heterocycles. The van der Waals surface area contributed by atoms with Gasteiger partial charge in [-0.1, -0.05) is 6.07 Å². The van der Waals surface area contributed by atoms with Crippen LogP contribution in [0.25, 0.3) is 27.6 Å². The molecule has 0 spiro atoms. The number of likely N-dealkylation sites (N-methyl/N-ethyl adjacent to an activating group) is 1. The molecule has 1 aliphatic heterocycles. The Morgan fingerprint density at radius 1 is 1.21 bits per heavy atom. The van der Waals surface area contributed by atoms with Gasteiger partial charge in [0.15, 0.2) is 5.65 Å². The number of hydrogen-bond acceptors (Lipinski definition) is 7. The van der Waals surface area contributed by atoms with Crippen molar-refractivity contribution in [3.63, 3.8) is 0 Å². The van der Waals surface area contributed by atoms with E-state index < -0.39 is 6.43 Å². The zero-order valence-electron chi connectivity index (χ0n) is 21.0. The topological polar surface area (TPSA) is 109 Å². The summed E-state index contributed by atoms with van der Waals surface area (Å²) in [6, 6.07) is 6.54. The van der Waals surface area contributed by atoms with Crippen molar-refractivity contribution < 1.29 is 18.4 Å². The summed E-state index contributed by atoms with van der Waals surface area (Å²) in [5.41, 5.74) is 0.942. The van der Waals surface area contributed by atoms with E-state index in [1.807, 2.05) is 0 Å². The molecule has 1 saturated carbocycles. The minimum absolute atomic E-state index is 0.0137. The highest BCUT2D eigenvalue weighted by atomic mass is 79.9. The summed E-state index contributed by atoms with van der Waals surface area (Å²) in [4.78, 5) is 41.6. The molecule has 1 saturated heterocycles. The molecule has 1 aliphatic carbocycles. The second kappa shape index (κ2) is 10.1. The highest BCUT2D eigenvalue weighted by Gasteiger charge is 2.35. The van der Waals surface area contributed by atoms with E-state index in [0.717, 1.165) is 6.42 Å². The monoisotopic (exact) mass is 598 g/mol. The Hall–Kier alpha value is -3.74. The zero-order chi connectivity index (χ0) is 27.3. The van der Waals surface area contributed by atoms with Crippen LogP contribution in [0.5, 0.6) is 0 Å². The maximum atomic E-state index is 13.9. The fourth-order valence-electron chi connectivity index (χ4n) is 5.34. The lowest BCUT2D eigenvalue weighted by Gasteiger charge is -2.33. The maximum Gasteiger partial charge on any atom is 0.266 e. The fraction of sp³-hybridized carbons (Fsp3) is 0.385. The van der Waals surface area contributed by atoms with Gasteiger partial charge in [-0.2, -0.15) is 10.1 Å². The van der Waals surface area contributed by atoms with Crippen LogP contribution < -0.4 is 5.32 Å². The van der Waals surface area contributed by atoms with E-state index in [-0.39, 0.29) is 41.4 Å². The van der Waals surface area contributed by atoms with Gasteiger partial charge in [0.05, 0.1) is 23.1 Å². The molecule has 13 heteroatoms. The molecule has 202 valence electrons. The van der Waals surface area contributed by atoms with Gasteiger partial charge in [-0.15, -0.1) is 0 Å². The lowest BCUT2D eigenvalue weighted by atomic mass is 10.1. The van der Waals surface area contributed by atoms with Crippen LogP contribution in [0.2, 0.25) is 0 Å². The molecule has 2 aliphatic rings. The van der Waals surface area contributed by atoms with Gasteiger partial charge in [0.1, 0.15) is 4.60 Å². The van der Waals surface area contributed by atoms with Gasteiger partial charge in [0.25, 0.3) is 6.43 Å². The first kappa shape index (κ1) is 25.5. The van der Waals surface area contributed by atoms with Gasteiger partial charge in [0, 0.05) is 55.4 Å². The van der Waals surface area contributed by atoms with Crippen molar-refractivity contribution in [2.45, 2.75) is 31.7 Å². The largest absolute Gasteiger partial charge is 0.351 e. The SMILES string of the molecule is CN1CCN(C(=O)[C@@H]2CC[C@@H](Nc3ncc4c(Br)nn(-c5cc(C(F)F)c6ncccc6c5)c4n3)C2)CC1=O. The summed E-state index contributed by atoms with van der Waals surface area (Å²) in [5.74, 6) is 0.163. The van der Waals surface area contributed by atoms with E-state index in [9.17, 15) is 18.4 Å². The summed E-state index contributed by atoms with van der Waals surface area (Å²) in [6.45, 7) is 1.22. The molecule has 1 aromatic carbocycles. The van der Waals surface area contributed by atoms with Crippen LogP contribution >= 0.6 is 15.9 Å². The molecule has 39 heavy (non-hydrogen) atoms. The number of benzene rings is 1. The molecule has 4 heterocycles. The molecule has 2 amide bonds. The molecule has 10 nitrogen and oxygen atoms in total. The number of rotatable bonds is 5. The Morgan fingerprint density at radius 2 is 2.05 bits per heavy atom. The zero-order valence-corrected chi connectivity index (χ0v) is 22.6. The molecule has 0 radical (unpaired) electrons. The number of pyridine rings is 1.